The molecule has 0 radical (unpaired) electrons. The van der Waals surface area contributed by atoms with Crippen molar-refractivity contribution >= 4 is 33.0 Å². The summed E-state index contributed by atoms with van der Waals surface area (Å²) in [6.45, 7) is 3.34. The second-order valence-corrected chi connectivity index (χ2v) is 7.47. The predicted molar refractivity (Wildman–Crippen MR) is 81.1 cm³/mol. The smallest absolute Gasteiger partial charge is 0.195 e. The summed E-state index contributed by atoms with van der Waals surface area (Å²) in [7, 11) is -1.72. The van der Waals surface area contributed by atoms with Gasteiger partial charge in [0.25, 0.3) is 0 Å². The SMILES string of the molecule is CCS(=O)(=O)c1c(C)c(-c2ccc(Cl)cc2Cl)nn1C. The lowest BCUT2D eigenvalue weighted by Gasteiger charge is -2.04. The Morgan fingerprint density at radius 1 is 1.30 bits per heavy atom. The highest BCUT2D eigenvalue weighted by molar-refractivity contribution is 7.91. The third-order valence-corrected chi connectivity index (χ3v) is 5.55. The van der Waals surface area contributed by atoms with Gasteiger partial charge in [0.1, 0.15) is 0 Å². The molecule has 2 aromatic rings. The van der Waals surface area contributed by atoms with E-state index in [1.165, 1.54) is 4.68 Å². The average Bonchev–Trinajstić information content (AvgIpc) is 2.65. The highest BCUT2D eigenvalue weighted by Crippen LogP contribution is 2.33. The fourth-order valence-electron chi connectivity index (χ4n) is 2.12. The maximum atomic E-state index is 12.1. The van der Waals surface area contributed by atoms with E-state index in [0.717, 1.165) is 0 Å². The minimum atomic E-state index is -3.34. The Bertz CT molecular complexity index is 767. The number of sulfone groups is 1. The van der Waals surface area contributed by atoms with Crippen molar-refractivity contribution in [3.8, 4) is 11.3 Å². The third kappa shape index (κ3) is 2.57. The van der Waals surface area contributed by atoms with Gasteiger partial charge < -0.3 is 0 Å². The molecule has 7 heteroatoms. The van der Waals surface area contributed by atoms with Gasteiger partial charge in [0.05, 0.1) is 16.5 Å². The lowest BCUT2D eigenvalue weighted by atomic mass is 10.1. The van der Waals surface area contributed by atoms with Crippen LogP contribution in [-0.2, 0) is 16.9 Å². The Morgan fingerprint density at radius 2 is 1.95 bits per heavy atom. The minimum Gasteiger partial charge on any atom is -0.256 e. The Kier molecular flexibility index (Phi) is 4.14. The molecule has 0 saturated carbocycles. The molecular formula is C13H14Cl2N2O2S. The number of hydrogen-bond donors (Lipinski definition) is 0. The molecule has 0 bridgehead atoms. The van der Waals surface area contributed by atoms with E-state index in [0.29, 0.717) is 26.9 Å². The Hall–Kier alpha value is -1.04. The van der Waals surface area contributed by atoms with E-state index < -0.39 is 9.84 Å². The van der Waals surface area contributed by atoms with E-state index in [9.17, 15) is 8.42 Å². The Morgan fingerprint density at radius 3 is 2.50 bits per heavy atom. The first kappa shape index (κ1) is 15.4. The first-order valence-electron chi connectivity index (χ1n) is 5.99. The highest BCUT2D eigenvalue weighted by Gasteiger charge is 2.24. The number of aryl methyl sites for hydroxylation is 1. The molecule has 0 spiro atoms. The van der Waals surface area contributed by atoms with Crippen LogP contribution in [0.3, 0.4) is 0 Å². The zero-order valence-corrected chi connectivity index (χ0v) is 13.6. The predicted octanol–water partition coefficient (Wildman–Crippen LogP) is 3.50. The molecule has 2 rings (SSSR count). The molecule has 0 aliphatic heterocycles. The fraction of sp³-hybridized carbons (Fsp3) is 0.308. The monoisotopic (exact) mass is 332 g/mol. The molecule has 20 heavy (non-hydrogen) atoms. The standard InChI is InChI=1S/C13H14Cl2N2O2S/c1-4-20(18,19)13-8(2)12(16-17(13)3)10-6-5-9(14)7-11(10)15/h5-7H,4H2,1-3H3. The zero-order chi connectivity index (χ0) is 15.1. The van der Waals surface area contributed by atoms with Gasteiger partial charge in [-0.25, -0.2) is 8.42 Å². The summed E-state index contributed by atoms with van der Waals surface area (Å²) >= 11 is 12.0. The molecule has 0 unspecified atom stereocenters. The largest absolute Gasteiger partial charge is 0.256 e. The summed E-state index contributed by atoms with van der Waals surface area (Å²) in [5.41, 5.74) is 1.82. The average molecular weight is 333 g/mol. The van der Waals surface area contributed by atoms with Gasteiger partial charge in [0.15, 0.2) is 14.9 Å². The van der Waals surface area contributed by atoms with E-state index in [4.69, 9.17) is 23.2 Å². The van der Waals surface area contributed by atoms with E-state index in [1.807, 2.05) is 0 Å². The molecule has 0 saturated heterocycles. The lowest BCUT2D eigenvalue weighted by Crippen LogP contribution is -2.10. The van der Waals surface area contributed by atoms with Crippen molar-refractivity contribution in [2.24, 2.45) is 7.05 Å². The third-order valence-electron chi connectivity index (χ3n) is 3.08. The molecule has 1 aromatic heterocycles. The van der Waals surface area contributed by atoms with Crippen LogP contribution in [0.4, 0.5) is 0 Å². The molecule has 0 N–H and O–H groups in total. The van der Waals surface area contributed by atoms with E-state index in [2.05, 4.69) is 5.10 Å². The van der Waals surface area contributed by atoms with Crippen LogP contribution in [0.1, 0.15) is 12.5 Å². The molecule has 0 aliphatic carbocycles. The Balaban J connectivity index is 2.70. The first-order chi connectivity index (χ1) is 9.27. The van der Waals surface area contributed by atoms with Crippen molar-refractivity contribution < 1.29 is 8.42 Å². The van der Waals surface area contributed by atoms with Crippen LogP contribution < -0.4 is 0 Å². The highest BCUT2D eigenvalue weighted by atomic mass is 35.5. The molecule has 0 fully saturated rings. The second kappa shape index (κ2) is 5.39. The van der Waals surface area contributed by atoms with Crippen LogP contribution in [0.25, 0.3) is 11.3 Å². The van der Waals surface area contributed by atoms with Gasteiger partial charge in [-0.2, -0.15) is 5.10 Å². The topological polar surface area (TPSA) is 52.0 Å². The quantitative estimate of drug-likeness (QED) is 0.864. The summed E-state index contributed by atoms with van der Waals surface area (Å²) < 4.78 is 25.6. The van der Waals surface area contributed by atoms with Crippen LogP contribution in [0, 0.1) is 6.92 Å². The van der Waals surface area contributed by atoms with Gasteiger partial charge in [-0.15, -0.1) is 0 Å². The van der Waals surface area contributed by atoms with Crippen LogP contribution in [0.5, 0.6) is 0 Å². The number of benzene rings is 1. The first-order valence-corrected chi connectivity index (χ1v) is 8.40. The molecule has 1 aromatic carbocycles. The summed E-state index contributed by atoms with van der Waals surface area (Å²) in [6, 6.07) is 5.05. The summed E-state index contributed by atoms with van der Waals surface area (Å²) in [5.74, 6) is 0.0289. The van der Waals surface area contributed by atoms with E-state index >= 15 is 0 Å². The second-order valence-electron chi connectivity index (χ2n) is 4.43. The van der Waals surface area contributed by atoms with Gasteiger partial charge >= 0.3 is 0 Å². The van der Waals surface area contributed by atoms with Crippen molar-refractivity contribution in [1.82, 2.24) is 9.78 Å². The minimum absolute atomic E-state index is 0.0289. The molecule has 108 valence electrons. The van der Waals surface area contributed by atoms with Gasteiger partial charge in [-0.1, -0.05) is 30.1 Å². The number of nitrogens with zero attached hydrogens (tertiary/aromatic N) is 2. The van der Waals surface area contributed by atoms with Gasteiger partial charge in [-0.3, -0.25) is 4.68 Å². The molecule has 0 atom stereocenters. The zero-order valence-electron chi connectivity index (χ0n) is 11.3. The maximum Gasteiger partial charge on any atom is 0.195 e. The lowest BCUT2D eigenvalue weighted by molar-refractivity contribution is 0.577. The van der Waals surface area contributed by atoms with Crippen molar-refractivity contribution in [3.63, 3.8) is 0 Å². The van der Waals surface area contributed by atoms with Crippen LogP contribution >= 0.6 is 23.2 Å². The summed E-state index contributed by atoms with van der Waals surface area (Å²) in [4.78, 5) is 0. The van der Waals surface area contributed by atoms with Crippen molar-refractivity contribution in [3.05, 3.63) is 33.8 Å². The van der Waals surface area contributed by atoms with Gasteiger partial charge in [0, 0.05) is 23.2 Å². The van der Waals surface area contributed by atoms with E-state index in [-0.39, 0.29) is 10.8 Å². The fourth-order valence-corrected chi connectivity index (χ4v) is 3.90. The number of hydrogen-bond acceptors (Lipinski definition) is 3. The maximum absolute atomic E-state index is 12.1. The van der Waals surface area contributed by atoms with Crippen LogP contribution in [0.2, 0.25) is 10.0 Å². The molecule has 0 amide bonds. The number of aromatic nitrogens is 2. The summed E-state index contributed by atoms with van der Waals surface area (Å²) in [6.07, 6.45) is 0. The van der Waals surface area contributed by atoms with Crippen LogP contribution in [-0.4, -0.2) is 24.0 Å². The van der Waals surface area contributed by atoms with Crippen molar-refractivity contribution in [1.29, 1.82) is 0 Å². The molecular weight excluding hydrogens is 319 g/mol. The van der Waals surface area contributed by atoms with Crippen LogP contribution in [0.15, 0.2) is 23.2 Å². The van der Waals surface area contributed by atoms with Gasteiger partial charge in [-0.05, 0) is 25.1 Å². The molecule has 4 nitrogen and oxygen atoms in total. The summed E-state index contributed by atoms with van der Waals surface area (Å²) in [5, 5.41) is 5.48. The Labute approximate surface area is 128 Å². The normalized spacial score (nSPS) is 11.8. The van der Waals surface area contributed by atoms with Crippen molar-refractivity contribution in [2.45, 2.75) is 18.9 Å². The molecule has 1 heterocycles. The van der Waals surface area contributed by atoms with E-state index in [1.54, 1.807) is 39.1 Å². The molecule has 0 aliphatic rings. The van der Waals surface area contributed by atoms with Crippen molar-refractivity contribution in [2.75, 3.05) is 5.75 Å². The number of rotatable bonds is 3. The number of halogens is 2. The van der Waals surface area contributed by atoms with Gasteiger partial charge in [0.2, 0.25) is 0 Å².